The smallest absolute Gasteiger partial charge is 0.238 e. The van der Waals surface area contributed by atoms with E-state index < -0.39 is 6.04 Å². The first-order valence-electron chi connectivity index (χ1n) is 9.78. The van der Waals surface area contributed by atoms with Crippen LogP contribution in [0.25, 0.3) is 0 Å². The van der Waals surface area contributed by atoms with Gasteiger partial charge in [-0.2, -0.15) is 0 Å². The van der Waals surface area contributed by atoms with Crippen molar-refractivity contribution in [2.24, 2.45) is 0 Å². The SMILES string of the molecule is COc1ccc(CCNC(=O)C(C)N(C)CC(=O)Nc2cccc(C)c2C)cc1. The molecule has 0 aliphatic heterocycles. The fraction of sp³-hybridized carbons (Fsp3) is 0.391. The monoisotopic (exact) mass is 397 g/mol. The van der Waals surface area contributed by atoms with E-state index in [2.05, 4.69) is 10.6 Å². The molecule has 0 bridgehead atoms. The van der Waals surface area contributed by atoms with Gasteiger partial charge in [0.25, 0.3) is 0 Å². The second-order valence-corrected chi connectivity index (χ2v) is 7.28. The lowest BCUT2D eigenvalue weighted by Gasteiger charge is -2.23. The largest absolute Gasteiger partial charge is 0.497 e. The number of aryl methyl sites for hydroxylation is 1. The van der Waals surface area contributed by atoms with Gasteiger partial charge in [-0.05, 0) is 69.1 Å². The molecule has 2 aromatic rings. The van der Waals surface area contributed by atoms with Crippen molar-refractivity contribution in [3.8, 4) is 5.75 Å². The van der Waals surface area contributed by atoms with Crippen LogP contribution in [0.15, 0.2) is 42.5 Å². The van der Waals surface area contributed by atoms with Gasteiger partial charge in [-0.3, -0.25) is 14.5 Å². The predicted octanol–water partition coefficient (Wildman–Crippen LogP) is 2.93. The number of carbonyl (C=O) groups is 2. The van der Waals surface area contributed by atoms with Gasteiger partial charge in [-0.15, -0.1) is 0 Å². The number of nitrogens with one attached hydrogen (secondary N) is 2. The van der Waals surface area contributed by atoms with Crippen LogP contribution in [-0.4, -0.2) is 50.0 Å². The number of likely N-dealkylation sites (N-methyl/N-ethyl adjacent to an activating group) is 1. The molecule has 0 saturated carbocycles. The van der Waals surface area contributed by atoms with Crippen LogP contribution in [0.5, 0.6) is 5.75 Å². The van der Waals surface area contributed by atoms with E-state index in [-0.39, 0.29) is 18.4 Å². The van der Waals surface area contributed by atoms with Crippen LogP contribution < -0.4 is 15.4 Å². The van der Waals surface area contributed by atoms with Crippen LogP contribution in [0.3, 0.4) is 0 Å². The molecule has 0 aromatic heterocycles. The van der Waals surface area contributed by atoms with Crippen molar-refractivity contribution in [3.63, 3.8) is 0 Å². The van der Waals surface area contributed by atoms with Gasteiger partial charge >= 0.3 is 0 Å². The van der Waals surface area contributed by atoms with Gasteiger partial charge in [-0.1, -0.05) is 24.3 Å². The summed E-state index contributed by atoms with van der Waals surface area (Å²) < 4.78 is 5.14. The highest BCUT2D eigenvalue weighted by Gasteiger charge is 2.20. The molecule has 6 heteroatoms. The van der Waals surface area contributed by atoms with Crippen molar-refractivity contribution in [3.05, 3.63) is 59.2 Å². The van der Waals surface area contributed by atoms with E-state index in [1.54, 1.807) is 26.0 Å². The van der Waals surface area contributed by atoms with Crippen molar-refractivity contribution in [2.45, 2.75) is 33.2 Å². The fourth-order valence-corrected chi connectivity index (χ4v) is 2.91. The van der Waals surface area contributed by atoms with E-state index in [1.807, 2.05) is 56.3 Å². The van der Waals surface area contributed by atoms with E-state index in [0.29, 0.717) is 6.54 Å². The van der Waals surface area contributed by atoms with Crippen molar-refractivity contribution in [1.82, 2.24) is 10.2 Å². The van der Waals surface area contributed by atoms with Crippen molar-refractivity contribution >= 4 is 17.5 Å². The Kier molecular flexibility index (Phi) is 8.21. The van der Waals surface area contributed by atoms with Gasteiger partial charge < -0.3 is 15.4 Å². The summed E-state index contributed by atoms with van der Waals surface area (Å²) >= 11 is 0. The Morgan fingerprint density at radius 1 is 1.10 bits per heavy atom. The van der Waals surface area contributed by atoms with Gasteiger partial charge in [0.1, 0.15) is 5.75 Å². The number of rotatable bonds is 9. The van der Waals surface area contributed by atoms with Gasteiger partial charge in [-0.25, -0.2) is 0 Å². The summed E-state index contributed by atoms with van der Waals surface area (Å²) in [6.07, 6.45) is 0.735. The zero-order valence-corrected chi connectivity index (χ0v) is 17.9. The third-order valence-corrected chi connectivity index (χ3v) is 5.18. The second kappa shape index (κ2) is 10.6. The fourth-order valence-electron chi connectivity index (χ4n) is 2.91. The van der Waals surface area contributed by atoms with Gasteiger partial charge in [0.15, 0.2) is 0 Å². The van der Waals surface area contributed by atoms with E-state index in [4.69, 9.17) is 4.74 Å². The quantitative estimate of drug-likeness (QED) is 0.683. The highest BCUT2D eigenvalue weighted by Crippen LogP contribution is 2.18. The van der Waals surface area contributed by atoms with Crippen LogP contribution >= 0.6 is 0 Å². The number of benzene rings is 2. The third-order valence-electron chi connectivity index (χ3n) is 5.18. The van der Waals surface area contributed by atoms with E-state index in [9.17, 15) is 9.59 Å². The summed E-state index contributed by atoms with van der Waals surface area (Å²) in [7, 11) is 3.41. The Hall–Kier alpha value is -2.86. The Morgan fingerprint density at radius 3 is 2.45 bits per heavy atom. The number of nitrogens with zero attached hydrogens (tertiary/aromatic N) is 1. The minimum atomic E-state index is -0.407. The maximum absolute atomic E-state index is 12.4. The Morgan fingerprint density at radius 2 is 1.79 bits per heavy atom. The zero-order valence-electron chi connectivity index (χ0n) is 17.9. The zero-order chi connectivity index (χ0) is 21.4. The normalized spacial score (nSPS) is 11.8. The average molecular weight is 398 g/mol. The van der Waals surface area contributed by atoms with Crippen LogP contribution in [-0.2, 0) is 16.0 Å². The number of anilines is 1. The molecule has 0 radical (unpaired) electrons. The first-order chi connectivity index (χ1) is 13.8. The lowest BCUT2D eigenvalue weighted by atomic mass is 10.1. The van der Waals surface area contributed by atoms with Crippen molar-refractivity contribution in [2.75, 3.05) is 32.6 Å². The Balaban J connectivity index is 1.78. The van der Waals surface area contributed by atoms with Crippen molar-refractivity contribution in [1.29, 1.82) is 0 Å². The molecule has 29 heavy (non-hydrogen) atoms. The molecule has 0 fully saturated rings. The molecule has 0 aliphatic rings. The lowest BCUT2D eigenvalue weighted by Crippen LogP contribution is -2.46. The highest BCUT2D eigenvalue weighted by molar-refractivity contribution is 5.93. The summed E-state index contributed by atoms with van der Waals surface area (Å²) in [4.78, 5) is 26.5. The van der Waals surface area contributed by atoms with Crippen LogP contribution in [0.1, 0.15) is 23.6 Å². The summed E-state index contributed by atoms with van der Waals surface area (Å²) in [6.45, 7) is 6.47. The summed E-state index contributed by atoms with van der Waals surface area (Å²) in [5, 5.41) is 5.86. The van der Waals surface area contributed by atoms with E-state index in [1.165, 1.54) is 0 Å². The molecule has 2 amide bonds. The van der Waals surface area contributed by atoms with Crippen molar-refractivity contribution < 1.29 is 14.3 Å². The molecule has 1 unspecified atom stereocenters. The molecule has 0 spiro atoms. The van der Waals surface area contributed by atoms with Gasteiger partial charge in [0, 0.05) is 12.2 Å². The van der Waals surface area contributed by atoms with Crippen LogP contribution in [0.2, 0.25) is 0 Å². The summed E-state index contributed by atoms with van der Waals surface area (Å²) in [5.41, 5.74) is 4.11. The van der Waals surface area contributed by atoms with Crippen LogP contribution in [0.4, 0.5) is 5.69 Å². The predicted molar refractivity (Wildman–Crippen MR) is 116 cm³/mol. The van der Waals surface area contributed by atoms with Gasteiger partial charge in [0.2, 0.25) is 11.8 Å². The summed E-state index contributed by atoms with van der Waals surface area (Å²) in [6, 6.07) is 13.2. The number of ether oxygens (including phenoxy) is 1. The van der Waals surface area contributed by atoms with E-state index >= 15 is 0 Å². The molecule has 156 valence electrons. The highest BCUT2D eigenvalue weighted by atomic mass is 16.5. The Bertz CT molecular complexity index is 834. The molecule has 2 rings (SSSR count). The standard InChI is InChI=1S/C23H31N3O3/c1-16-7-6-8-21(17(16)2)25-22(27)15-26(4)18(3)23(28)24-14-13-19-9-11-20(29-5)12-10-19/h6-12,18H,13-15H2,1-5H3,(H,24,28)(H,25,27). The lowest BCUT2D eigenvalue weighted by molar-refractivity contribution is -0.126. The maximum Gasteiger partial charge on any atom is 0.238 e. The van der Waals surface area contributed by atoms with Gasteiger partial charge in [0.05, 0.1) is 19.7 Å². The molecule has 2 aromatic carbocycles. The second-order valence-electron chi connectivity index (χ2n) is 7.28. The number of hydrogen-bond acceptors (Lipinski definition) is 4. The number of amides is 2. The molecule has 2 N–H and O–H groups in total. The molecule has 0 heterocycles. The summed E-state index contributed by atoms with van der Waals surface area (Å²) in [5.74, 6) is 0.576. The number of hydrogen-bond donors (Lipinski definition) is 2. The third kappa shape index (κ3) is 6.61. The first-order valence-corrected chi connectivity index (χ1v) is 9.78. The molecular weight excluding hydrogens is 366 g/mol. The first kappa shape index (κ1) is 22.4. The minimum Gasteiger partial charge on any atom is -0.497 e. The van der Waals surface area contributed by atoms with E-state index in [0.717, 1.165) is 34.5 Å². The molecule has 0 aliphatic carbocycles. The number of methoxy groups -OCH3 is 1. The molecule has 6 nitrogen and oxygen atoms in total. The van der Waals surface area contributed by atoms with Crippen LogP contribution in [0, 0.1) is 13.8 Å². The average Bonchev–Trinajstić information content (AvgIpc) is 2.71. The molecule has 0 saturated heterocycles. The maximum atomic E-state index is 12.4. The molecular formula is C23H31N3O3. The Labute approximate surface area is 173 Å². The topological polar surface area (TPSA) is 70.7 Å². The number of carbonyl (C=O) groups excluding carboxylic acids is 2. The molecule has 1 atom stereocenters. The minimum absolute atomic E-state index is 0.0967.